The third-order valence-electron chi connectivity index (χ3n) is 12.7. The van der Waals surface area contributed by atoms with Gasteiger partial charge in [0.25, 0.3) is 0 Å². The van der Waals surface area contributed by atoms with E-state index in [1.54, 1.807) is 6.92 Å². The smallest absolute Gasteiger partial charge is 0.726 e. The van der Waals surface area contributed by atoms with Crippen molar-refractivity contribution in [3.63, 3.8) is 0 Å². The van der Waals surface area contributed by atoms with Crippen LogP contribution in [0.1, 0.15) is 93.4 Å². The van der Waals surface area contributed by atoms with Crippen LogP contribution in [0.15, 0.2) is 23.8 Å². The first-order valence-corrected chi connectivity index (χ1v) is 20.2. The van der Waals surface area contributed by atoms with E-state index in [-0.39, 0.29) is 106 Å². The fraction of sp³-hybridized carbons (Fsp3) is 0.871. The third-order valence-corrected chi connectivity index (χ3v) is 14.1. The first-order valence-electron chi connectivity index (χ1n) is 16.2. The van der Waals surface area contributed by atoms with E-state index in [9.17, 15) is 44.0 Å². The summed E-state index contributed by atoms with van der Waals surface area (Å²) >= 11 is 0. The van der Waals surface area contributed by atoms with Gasteiger partial charge in [0.1, 0.15) is 12.2 Å². The summed E-state index contributed by atoms with van der Waals surface area (Å²) in [6, 6.07) is 0. The summed E-state index contributed by atoms with van der Waals surface area (Å²) in [6.45, 7) is 18.9. The molecule has 19 heteroatoms. The number of fused-ring (bicyclic) bond motifs is 5. The summed E-state index contributed by atoms with van der Waals surface area (Å²) in [5, 5.41) is 11.5. The van der Waals surface area contributed by atoms with Gasteiger partial charge in [-0.3, -0.25) is 12.5 Å². The van der Waals surface area contributed by atoms with E-state index < -0.39 is 78.8 Å². The number of aliphatic hydroxyl groups excluding tert-OH is 1. The molecule has 0 aromatic rings. The molecule has 0 saturated heterocycles. The molecule has 50 heavy (non-hydrogen) atoms. The molecular weight excluding hydrogens is 745 g/mol. The van der Waals surface area contributed by atoms with E-state index >= 15 is 0 Å². The van der Waals surface area contributed by atoms with Crippen molar-refractivity contribution in [1.29, 1.82) is 0 Å². The van der Waals surface area contributed by atoms with Crippen LogP contribution in [0.3, 0.4) is 0 Å². The second-order valence-electron chi connectivity index (χ2n) is 15.6. The van der Waals surface area contributed by atoms with Crippen LogP contribution in [-0.2, 0) is 43.7 Å². The Morgan fingerprint density at radius 2 is 1.42 bits per heavy atom. The standard InChI is InChI=1S/C31H52O13S3.3Na/c1-17(2)20(18(3)4)10-9-19(5)21-11-13-31(8)23-15-24(42-45(33,34)35)26-27(32)28(44-47(39,40)41)25(43-46(36,37)38)16-29(26,6)22(23)12-14-30(21,31)7;;;/h12,18-21,23-28,32H,1,9-11,13-16H2,2-8H3,(H,33,34,35)(H,36,37,38)(H,39,40,41);;;/q;3*+1/p-3/t19-,20-,21-,23-,24+,25+,26+,27-,28-,29-,30-,31+;;;/m1.../s1. The molecule has 1 N–H and O–H groups in total. The average molecular weight is 795 g/mol. The molecule has 0 unspecified atom stereocenters. The zero-order valence-corrected chi connectivity index (χ0v) is 39.5. The summed E-state index contributed by atoms with van der Waals surface area (Å²) in [7, 11) is -16.4. The van der Waals surface area contributed by atoms with Crippen LogP contribution in [0.4, 0.5) is 0 Å². The molecule has 4 aliphatic rings. The minimum Gasteiger partial charge on any atom is -0.726 e. The molecule has 0 aromatic heterocycles. The maximum absolute atomic E-state index is 12.0. The molecule has 4 rings (SSSR count). The first-order chi connectivity index (χ1) is 21.2. The van der Waals surface area contributed by atoms with Crippen LogP contribution in [0.2, 0.25) is 0 Å². The number of aliphatic hydroxyl groups is 1. The maximum atomic E-state index is 12.0. The topological polar surface area (TPSA) is 220 Å². The Labute approximate surface area is 365 Å². The van der Waals surface area contributed by atoms with E-state index in [1.807, 2.05) is 6.08 Å². The normalized spacial score (nSPS) is 38.2. The molecule has 12 atom stereocenters. The molecule has 0 bridgehead atoms. The fourth-order valence-corrected chi connectivity index (χ4v) is 12.0. The molecule has 0 aromatic carbocycles. The Kier molecular flexibility index (Phi) is 17.7. The average Bonchev–Trinajstić information content (AvgIpc) is 3.15. The molecule has 3 fully saturated rings. The number of allylic oxidation sites excluding steroid dienone is 3. The summed E-state index contributed by atoms with van der Waals surface area (Å²) in [4.78, 5) is 0. The molecule has 4 aliphatic carbocycles. The van der Waals surface area contributed by atoms with Crippen molar-refractivity contribution in [2.24, 2.45) is 51.8 Å². The van der Waals surface area contributed by atoms with Crippen LogP contribution in [-0.4, -0.2) is 68.4 Å². The molecule has 272 valence electrons. The van der Waals surface area contributed by atoms with Crippen LogP contribution in [0.25, 0.3) is 0 Å². The van der Waals surface area contributed by atoms with Crippen LogP contribution < -0.4 is 88.7 Å². The molecule has 0 aliphatic heterocycles. The largest absolute Gasteiger partial charge is 1.00 e. The minimum atomic E-state index is -5.57. The first kappa shape index (κ1) is 50.1. The summed E-state index contributed by atoms with van der Waals surface area (Å²) in [6.07, 6.45) is -1.82. The Morgan fingerprint density at radius 1 is 0.900 bits per heavy atom. The van der Waals surface area contributed by atoms with Crippen molar-refractivity contribution in [1.82, 2.24) is 0 Å². The molecule has 0 amide bonds. The van der Waals surface area contributed by atoms with Gasteiger partial charge in [0.2, 0.25) is 31.2 Å². The van der Waals surface area contributed by atoms with E-state index in [1.165, 1.54) is 0 Å². The van der Waals surface area contributed by atoms with Crippen LogP contribution in [0.5, 0.6) is 0 Å². The van der Waals surface area contributed by atoms with Crippen molar-refractivity contribution in [3.05, 3.63) is 23.8 Å². The van der Waals surface area contributed by atoms with Crippen molar-refractivity contribution in [3.8, 4) is 0 Å². The van der Waals surface area contributed by atoms with Crippen molar-refractivity contribution < 1.29 is 145 Å². The summed E-state index contributed by atoms with van der Waals surface area (Å²) in [5.74, 6) is -0.217. The van der Waals surface area contributed by atoms with Gasteiger partial charge in [0.05, 0.1) is 12.2 Å². The quantitative estimate of drug-likeness (QED) is 0.0848. The van der Waals surface area contributed by atoms with E-state index in [4.69, 9.17) is 4.18 Å². The second-order valence-corrected chi connectivity index (χ2v) is 18.6. The van der Waals surface area contributed by atoms with Crippen molar-refractivity contribution >= 4 is 31.2 Å². The van der Waals surface area contributed by atoms with Crippen LogP contribution >= 0.6 is 0 Å². The van der Waals surface area contributed by atoms with Gasteiger partial charge >= 0.3 is 88.7 Å². The van der Waals surface area contributed by atoms with Gasteiger partial charge in [0, 0.05) is 5.92 Å². The zero-order chi connectivity index (χ0) is 35.7. The van der Waals surface area contributed by atoms with E-state index in [2.05, 4.69) is 56.5 Å². The van der Waals surface area contributed by atoms with E-state index in [0.29, 0.717) is 30.1 Å². The molecule has 3 saturated carbocycles. The third kappa shape index (κ3) is 10.3. The Morgan fingerprint density at radius 3 is 1.90 bits per heavy atom. The Balaban J connectivity index is 0.00000417. The van der Waals surface area contributed by atoms with Gasteiger partial charge in [-0.25, -0.2) is 25.3 Å². The van der Waals surface area contributed by atoms with Crippen molar-refractivity contribution in [2.45, 2.75) is 118 Å². The monoisotopic (exact) mass is 794 g/mol. The van der Waals surface area contributed by atoms with Gasteiger partial charge in [0.15, 0.2) is 0 Å². The van der Waals surface area contributed by atoms with Gasteiger partial charge in [-0.2, -0.15) is 0 Å². The molecule has 13 nitrogen and oxygen atoms in total. The Hall–Kier alpha value is 2.05. The molecule has 0 radical (unpaired) electrons. The van der Waals surface area contributed by atoms with Gasteiger partial charge in [-0.1, -0.05) is 65.3 Å². The van der Waals surface area contributed by atoms with E-state index in [0.717, 1.165) is 36.8 Å². The molecule has 0 spiro atoms. The predicted molar refractivity (Wildman–Crippen MR) is 167 cm³/mol. The van der Waals surface area contributed by atoms with Crippen molar-refractivity contribution in [2.75, 3.05) is 0 Å². The van der Waals surface area contributed by atoms with Gasteiger partial charge in [-0.15, -0.1) is 0 Å². The second kappa shape index (κ2) is 17.7. The van der Waals surface area contributed by atoms with Crippen LogP contribution in [0, 0.1) is 51.8 Å². The zero-order valence-electron chi connectivity index (χ0n) is 31.1. The number of rotatable bonds is 12. The predicted octanol–water partition coefficient (Wildman–Crippen LogP) is -5.04. The minimum absolute atomic E-state index is 0. The summed E-state index contributed by atoms with van der Waals surface area (Å²) in [5.41, 5.74) is -0.140. The number of hydrogen-bond donors (Lipinski definition) is 1. The fourth-order valence-electron chi connectivity index (χ4n) is 10.5. The number of hydrogen-bond acceptors (Lipinski definition) is 13. The van der Waals surface area contributed by atoms with Gasteiger partial charge in [-0.05, 0) is 97.7 Å². The SMILES string of the molecule is C=C(C)[C@@H](CC[C@@H](C)[C@H]1CC[C@@]2(C)[C@@H]3C[C@H](OS(=O)(=O)[O-])[C@H]4[C@@H](O)[C@H](OS(=O)(=O)[O-])[C@@H](OS(=O)(=O)[O-])C[C@]4(C)C3=CC[C@]12C)C(C)C.[Na+].[Na+].[Na+]. The molecular formula is C31H49Na3O13S3. The Bertz CT molecular complexity index is 1590. The maximum Gasteiger partial charge on any atom is 1.00 e. The molecule has 0 heterocycles. The summed E-state index contributed by atoms with van der Waals surface area (Å²) < 4.78 is 120. The van der Waals surface area contributed by atoms with Gasteiger partial charge < -0.3 is 18.8 Å².